The van der Waals surface area contributed by atoms with Crippen LogP contribution in [0.3, 0.4) is 0 Å². The quantitative estimate of drug-likeness (QED) is 0.693. The molecule has 0 aliphatic carbocycles. The standard InChI is InChI=1S/C8H7FN4/c9-2-1-3-13-6-12-7(4-10)8(13)5-11/h6H,1-3H2. The van der Waals surface area contributed by atoms with Gasteiger partial charge in [0.2, 0.25) is 0 Å². The van der Waals surface area contributed by atoms with E-state index in [-0.39, 0.29) is 11.4 Å². The minimum Gasteiger partial charge on any atom is -0.321 e. The van der Waals surface area contributed by atoms with Gasteiger partial charge in [0.15, 0.2) is 11.4 Å². The number of imidazole rings is 1. The molecule has 0 aliphatic rings. The molecule has 0 aliphatic heterocycles. The van der Waals surface area contributed by atoms with Gasteiger partial charge in [-0.3, -0.25) is 4.39 Å². The number of halogens is 1. The van der Waals surface area contributed by atoms with E-state index in [0.29, 0.717) is 13.0 Å². The fourth-order valence-electron chi connectivity index (χ4n) is 0.981. The lowest BCUT2D eigenvalue weighted by molar-refractivity contribution is 0.446. The molecule has 0 saturated carbocycles. The SMILES string of the molecule is N#Cc1ncn(CCCF)c1C#N. The Labute approximate surface area is 74.8 Å². The van der Waals surface area contributed by atoms with Gasteiger partial charge in [-0.15, -0.1) is 0 Å². The van der Waals surface area contributed by atoms with Crippen LogP contribution in [0, 0.1) is 22.7 Å². The number of nitriles is 2. The van der Waals surface area contributed by atoms with E-state index in [1.165, 1.54) is 10.9 Å². The average molecular weight is 178 g/mol. The van der Waals surface area contributed by atoms with Gasteiger partial charge >= 0.3 is 0 Å². The second-order valence-corrected chi connectivity index (χ2v) is 2.40. The number of aryl methyl sites for hydroxylation is 1. The van der Waals surface area contributed by atoms with Gasteiger partial charge in [0.25, 0.3) is 0 Å². The lowest BCUT2D eigenvalue weighted by Crippen LogP contribution is -2.00. The topological polar surface area (TPSA) is 65.4 Å². The molecule has 0 radical (unpaired) electrons. The van der Waals surface area contributed by atoms with Crippen molar-refractivity contribution in [3.8, 4) is 12.1 Å². The fourth-order valence-corrected chi connectivity index (χ4v) is 0.981. The van der Waals surface area contributed by atoms with Crippen LogP contribution < -0.4 is 0 Å². The molecule has 0 amide bonds. The summed E-state index contributed by atoms with van der Waals surface area (Å²) in [5.41, 5.74) is 0.303. The molecule has 1 rings (SSSR count). The highest BCUT2D eigenvalue weighted by Gasteiger charge is 2.08. The third kappa shape index (κ3) is 1.83. The Morgan fingerprint density at radius 2 is 2.23 bits per heavy atom. The Morgan fingerprint density at radius 3 is 2.77 bits per heavy atom. The number of aromatic nitrogens is 2. The summed E-state index contributed by atoms with van der Waals surface area (Å²) in [6.07, 6.45) is 1.71. The molecule has 5 heteroatoms. The van der Waals surface area contributed by atoms with Crippen LogP contribution in [0.4, 0.5) is 4.39 Å². The van der Waals surface area contributed by atoms with Gasteiger partial charge in [0.1, 0.15) is 12.1 Å². The molecule has 4 nitrogen and oxygen atoms in total. The van der Waals surface area contributed by atoms with Crippen molar-refractivity contribution >= 4 is 0 Å². The highest BCUT2D eigenvalue weighted by atomic mass is 19.1. The maximum atomic E-state index is 11.8. The first-order valence-corrected chi connectivity index (χ1v) is 3.74. The Bertz CT molecular complexity index is 368. The van der Waals surface area contributed by atoms with E-state index in [0.717, 1.165) is 0 Å². The molecule has 13 heavy (non-hydrogen) atoms. The molecule has 0 saturated heterocycles. The second-order valence-electron chi connectivity index (χ2n) is 2.40. The van der Waals surface area contributed by atoms with E-state index in [4.69, 9.17) is 10.5 Å². The number of nitrogens with zero attached hydrogens (tertiary/aromatic N) is 4. The Balaban J connectivity index is 2.91. The summed E-state index contributed by atoms with van der Waals surface area (Å²) in [5.74, 6) is 0. The first-order valence-electron chi connectivity index (χ1n) is 3.74. The van der Waals surface area contributed by atoms with Crippen molar-refractivity contribution in [2.24, 2.45) is 0 Å². The zero-order valence-corrected chi connectivity index (χ0v) is 6.87. The maximum Gasteiger partial charge on any atom is 0.176 e. The van der Waals surface area contributed by atoms with E-state index < -0.39 is 6.67 Å². The minimum absolute atomic E-state index is 0.0985. The van der Waals surface area contributed by atoms with Crippen LogP contribution >= 0.6 is 0 Å². The Hall–Kier alpha value is -1.88. The first kappa shape index (κ1) is 9.21. The lowest BCUT2D eigenvalue weighted by Gasteiger charge is -1.99. The van der Waals surface area contributed by atoms with E-state index in [9.17, 15) is 4.39 Å². The van der Waals surface area contributed by atoms with Crippen molar-refractivity contribution in [2.75, 3.05) is 6.67 Å². The molecule has 0 unspecified atom stereocenters. The molecular weight excluding hydrogens is 171 g/mol. The molecule has 0 spiro atoms. The normalized spacial score (nSPS) is 9.15. The monoisotopic (exact) mass is 178 g/mol. The van der Waals surface area contributed by atoms with Crippen LogP contribution in [0.2, 0.25) is 0 Å². The molecule has 1 aromatic heterocycles. The average Bonchev–Trinajstić information content (AvgIpc) is 2.56. The summed E-state index contributed by atoms with van der Waals surface area (Å²) < 4.78 is 13.3. The third-order valence-corrected chi connectivity index (χ3v) is 1.58. The maximum absolute atomic E-state index is 11.8. The molecule has 0 bridgehead atoms. The predicted octanol–water partition coefficient (Wildman–Crippen LogP) is 0.986. The summed E-state index contributed by atoms with van der Waals surface area (Å²) in [5, 5.41) is 17.2. The number of hydrogen-bond donors (Lipinski definition) is 0. The van der Waals surface area contributed by atoms with Crippen molar-refractivity contribution in [1.82, 2.24) is 9.55 Å². The Kier molecular flexibility index (Phi) is 2.99. The summed E-state index contributed by atoms with van der Waals surface area (Å²) in [6, 6.07) is 3.65. The van der Waals surface area contributed by atoms with Crippen LogP contribution in [-0.2, 0) is 6.54 Å². The van der Waals surface area contributed by atoms with Crippen LogP contribution in [0.15, 0.2) is 6.33 Å². The Morgan fingerprint density at radius 1 is 1.46 bits per heavy atom. The number of alkyl halides is 1. The smallest absolute Gasteiger partial charge is 0.176 e. The van der Waals surface area contributed by atoms with E-state index >= 15 is 0 Å². The summed E-state index contributed by atoms with van der Waals surface area (Å²) in [7, 11) is 0. The van der Waals surface area contributed by atoms with Gasteiger partial charge in [0.05, 0.1) is 13.0 Å². The van der Waals surface area contributed by atoms with Crippen molar-refractivity contribution in [3.63, 3.8) is 0 Å². The third-order valence-electron chi connectivity index (χ3n) is 1.58. The van der Waals surface area contributed by atoms with Crippen molar-refractivity contribution in [1.29, 1.82) is 10.5 Å². The zero-order valence-electron chi connectivity index (χ0n) is 6.87. The molecule has 0 atom stereocenters. The second kappa shape index (κ2) is 4.22. The van der Waals surface area contributed by atoms with Crippen molar-refractivity contribution in [2.45, 2.75) is 13.0 Å². The highest BCUT2D eigenvalue weighted by molar-refractivity contribution is 5.35. The largest absolute Gasteiger partial charge is 0.321 e. The van der Waals surface area contributed by atoms with E-state index in [1.807, 2.05) is 6.07 Å². The molecular formula is C8H7FN4. The number of rotatable bonds is 3. The molecule has 1 heterocycles. The van der Waals surface area contributed by atoms with Gasteiger partial charge < -0.3 is 4.57 Å². The summed E-state index contributed by atoms with van der Waals surface area (Å²) in [6.45, 7) is -0.0565. The van der Waals surface area contributed by atoms with Gasteiger partial charge in [-0.05, 0) is 6.42 Å². The summed E-state index contributed by atoms with van der Waals surface area (Å²) >= 11 is 0. The van der Waals surface area contributed by atoms with Gasteiger partial charge in [-0.25, -0.2) is 4.98 Å². The molecule has 0 N–H and O–H groups in total. The van der Waals surface area contributed by atoms with E-state index in [1.54, 1.807) is 6.07 Å². The van der Waals surface area contributed by atoms with Crippen molar-refractivity contribution in [3.05, 3.63) is 17.7 Å². The van der Waals surface area contributed by atoms with Crippen LogP contribution in [0.5, 0.6) is 0 Å². The molecule has 0 aromatic carbocycles. The number of hydrogen-bond acceptors (Lipinski definition) is 3. The van der Waals surface area contributed by atoms with Crippen molar-refractivity contribution < 1.29 is 4.39 Å². The molecule has 0 fully saturated rings. The minimum atomic E-state index is -0.440. The summed E-state index contributed by atoms with van der Waals surface area (Å²) in [4.78, 5) is 3.72. The zero-order chi connectivity index (χ0) is 9.68. The predicted molar refractivity (Wildman–Crippen MR) is 42.2 cm³/mol. The molecule has 1 aromatic rings. The highest BCUT2D eigenvalue weighted by Crippen LogP contribution is 2.05. The van der Waals surface area contributed by atoms with Gasteiger partial charge in [0, 0.05) is 6.54 Å². The van der Waals surface area contributed by atoms with Crippen LogP contribution in [0.25, 0.3) is 0 Å². The first-order chi connectivity index (χ1) is 6.33. The lowest BCUT2D eigenvalue weighted by atomic mass is 10.3. The van der Waals surface area contributed by atoms with Gasteiger partial charge in [-0.1, -0.05) is 0 Å². The van der Waals surface area contributed by atoms with Crippen LogP contribution in [0.1, 0.15) is 17.8 Å². The van der Waals surface area contributed by atoms with Gasteiger partial charge in [-0.2, -0.15) is 10.5 Å². The van der Waals surface area contributed by atoms with Crippen LogP contribution in [-0.4, -0.2) is 16.2 Å². The van der Waals surface area contributed by atoms with E-state index in [2.05, 4.69) is 4.98 Å². The fraction of sp³-hybridized carbons (Fsp3) is 0.375. The molecule has 66 valence electrons.